The summed E-state index contributed by atoms with van der Waals surface area (Å²) >= 11 is 0. The van der Waals surface area contributed by atoms with Crippen LogP contribution in [-0.4, -0.2) is 72.3 Å². The van der Waals surface area contributed by atoms with Crippen molar-refractivity contribution in [3.8, 4) is 11.5 Å². The van der Waals surface area contributed by atoms with Gasteiger partial charge in [0.05, 0.1) is 13.7 Å². The van der Waals surface area contributed by atoms with E-state index in [0.717, 1.165) is 30.7 Å². The molecule has 1 heterocycles. The van der Waals surface area contributed by atoms with Crippen molar-refractivity contribution in [2.75, 3.05) is 20.3 Å². The second-order valence-electron chi connectivity index (χ2n) is 9.60. The third-order valence-corrected chi connectivity index (χ3v) is 6.20. The van der Waals surface area contributed by atoms with Gasteiger partial charge in [-0.15, -0.1) is 0 Å². The summed E-state index contributed by atoms with van der Waals surface area (Å²) in [5.74, 6) is 1.05. The standard InChI is InChI=1S/C26H41NO9/c1-17(2)9-7-5-4-6-8-14-34-22(28)13-11-18-10-12-19(20(15-18)33-3)35-26-25(31)24(30)23(29)21(36-26)16-27-32/h10,12,15,17,21,23-26,29-31H,4-9,11,13-14,16H2,1-3H3. The predicted octanol–water partition coefficient (Wildman–Crippen LogP) is 3.12. The summed E-state index contributed by atoms with van der Waals surface area (Å²) in [5, 5.41) is 32.9. The van der Waals surface area contributed by atoms with E-state index in [9.17, 15) is 25.0 Å². The Balaban J connectivity index is 1.79. The lowest BCUT2D eigenvalue weighted by Crippen LogP contribution is -2.59. The van der Waals surface area contributed by atoms with E-state index in [-0.39, 0.29) is 18.1 Å². The number of nitroso groups, excluding NO2 is 1. The molecule has 204 valence electrons. The number of nitrogens with zero attached hydrogens (tertiary/aromatic N) is 1. The SMILES string of the molecule is COc1cc(CCC(=O)OCCCCCCCC(C)C)ccc1OC1OC(CN=O)C(O)C(O)C1O. The molecule has 2 rings (SSSR count). The smallest absolute Gasteiger partial charge is 0.306 e. The highest BCUT2D eigenvalue weighted by atomic mass is 16.7. The molecule has 10 heteroatoms. The number of aliphatic hydroxyl groups is 3. The Bertz CT molecular complexity index is 804. The fourth-order valence-corrected chi connectivity index (χ4v) is 4.02. The van der Waals surface area contributed by atoms with Gasteiger partial charge in [0.2, 0.25) is 6.29 Å². The van der Waals surface area contributed by atoms with Crippen molar-refractivity contribution < 1.29 is 39.1 Å². The van der Waals surface area contributed by atoms with E-state index in [4.69, 9.17) is 18.9 Å². The number of aliphatic hydroxyl groups excluding tert-OH is 3. The topological polar surface area (TPSA) is 144 Å². The first-order valence-corrected chi connectivity index (χ1v) is 12.7. The Morgan fingerprint density at radius 1 is 1.03 bits per heavy atom. The third kappa shape index (κ3) is 9.65. The molecule has 0 radical (unpaired) electrons. The summed E-state index contributed by atoms with van der Waals surface area (Å²) in [7, 11) is 1.44. The molecule has 3 N–H and O–H groups in total. The van der Waals surface area contributed by atoms with E-state index < -0.39 is 37.3 Å². The minimum absolute atomic E-state index is 0.225. The summed E-state index contributed by atoms with van der Waals surface area (Å²) in [6.45, 7) is 4.50. The van der Waals surface area contributed by atoms with E-state index >= 15 is 0 Å². The zero-order valence-electron chi connectivity index (χ0n) is 21.5. The highest BCUT2D eigenvalue weighted by Crippen LogP contribution is 2.32. The van der Waals surface area contributed by atoms with Gasteiger partial charge in [-0.05, 0) is 36.5 Å². The van der Waals surface area contributed by atoms with Gasteiger partial charge in [-0.3, -0.25) is 4.79 Å². The van der Waals surface area contributed by atoms with Crippen LogP contribution in [0.15, 0.2) is 23.4 Å². The predicted molar refractivity (Wildman–Crippen MR) is 133 cm³/mol. The number of rotatable bonds is 16. The Hall–Kier alpha value is -2.27. The molecule has 5 atom stereocenters. The van der Waals surface area contributed by atoms with Gasteiger partial charge in [0, 0.05) is 6.42 Å². The Kier molecular flexibility index (Phi) is 13.1. The van der Waals surface area contributed by atoms with Gasteiger partial charge in [-0.2, -0.15) is 4.91 Å². The highest BCUT2D eigenvalue weighted by Gasteiger charge is 2.45. The molecule has 5 unspecified atom stereocenters. The van der Waals surface area contributed by atoms with E-state index in [1.807, 2.05) is 0 Å². The molecule has 0 spiro atoms. The van der Waals surface area contributed by atoms with E-state index in [2.05, 4.69) is 19.0 Å². The second-order valence-corrected chi connectivity index (χ2v) is 9.60. The normalized spacial score (nSPS) is 23.9. The van der Waals surface area contributed by atoms with Crippen LogP contribution in [0.4, 0.5) is 0 Å². The molecule has 1 fully saturated rings. The van der Waals surface area contributed by atoms with Crippen LogP contribution in [0.3, 0.4) is 0 Å². The molecule has 0 amide bonds. The average molecular weight is 512 g/mol. The number of aryl methyl sites for hydroxylation is 1. The first-order chi connectivity index (χ1) is 17.3. The van der Waals surface area contributed by atoms with Gasteiger partial charge in [0.25, 0.3) is 0 Å². The monoisotopic (exact) mass is 511 g/mol. The maximum Gasteiger partial charge on any atom is 0.306 e. The zero-order chi connectivity index (χ0) is 26.5. The van der Waals surface area contributed by atoms with Crippen molar-refractivity contribution in [3.63, 3.8) is 0 Å². The molecule has 0 aliphatic carbocycles. The highest BCUT2D eigenvalue weighted by molar-refractivity contribution is 5.69. The largest absolute Gasteiger partial charge is 0.493 e. The van der Waals surface area contributed by atoms with Gasteiger partial charge >= 0.3 is 5.97 Å². The first kappa shape index (κ1) is 30.0. The summed E-state index contributed by atoms with van der Waals surface area (Å²) in [6, 6.07) is 5.04. The van der Waals surface area contributed by atoms with E-state index in [1.54, 1.807) is 18.2 Å². The number of carbonyl (C=O) groups excluding carboxylic acids is 1. The summed E-state index contributed by atoms with van der Waals surface area (Å²) < 4.78 is 21.8. The van der Waals surface area contributed by atoms with E-state index in [0.29, 0.717) is 18.8 Å². The number of ether oxygens (including phenoxy) is 4. The Morgan fingerprint density at radius 2 is 1.75 bits per heavy atom. The van der Waals surface area contributed by atoms with Crippen LogP contribution in [-0.2, 0) is 20.7 Å². The van der Waals surface area contributed by atoms with Crippen LogP contribution in [0, 0.1) is 10.8 Å². The fraction of sp³-hybridized carbons (Fsp3) is 0.731. The maximum absolute atomic E-state index is 12.1. The first-order valence-electron chi connectivity index (χ1n) is 12.7. The molecule has 36 heavy (non-hydrogen) atoms. The average Bonchev–Trinajstić information content (AvgIpc) is 2.86. The van der Waals surface area contributed by atoms with Gasteiger partial charge < -0.3 is 34.3 Å². The second kappa shape index (κ2) is 15.8. The summed E-state index contributed by atoms with van der Waals surface area (Å²) in [5.41, 5.74) is 0.824. The molecule has 1 aliphatic heterocycles. The molecule has 0 bridgehead atoms. The van der Waals surface area contributed by atoms with Gasteiger partial charge in [-0.1, -0.05) is 57.2 Å². The Morgan fingerprint density at radius 3 is 2.44 bits per heavy atom. The number of unbranched alkanes of at least 4 members (excludes halogenated alkanes) is 4. The molecule has 1 saturated heterocycles. The molecule has 0 aromatic heterocycles. The summed E-state index contributed by atoms with van der Waals surface area (Å²) in [6.07, 6.45) is 0.441. The molecule has 10 nitrogen and oxygen atoms in total. The lowest BCUT2D eigenvalue weighted by Gasteiger charge is -2.39. The number of hydrogen-bond donors (Lipinski definition) is 3. The van der Waals surface area contributed by atoms with Crippen molar-refractivity contribution in [3.05, 3.63) is 28.7 Å². The number of benzene rings is 1. The third-order valence-electron chi connectivity index (χ3n) is 6.20. The number of methoxy groups -OCH3 is 1. The lowest BCUT2D eigenvalue weighted by molar-refractivity contribution is -0.269. The van der Waals surface area contributed by atoms with Crippen LogP contribution < -0.4 is 9.47 Å². The lowest BCUT2D eigenvalue weighted by atomic mass is 9.99. The number of carbonyl (C=O) groups is 1. The molecule has 1 aliphatic rings. The molecular weight excluding hydrogens is 470 g/mol. The summed E-state index contributed by atoms with van der Waals surface area (Å²) in [4.78, 5) is 22.7. The van der Waals surface area contributed by atoms with E-state index in [1.165, 1.54) is 26.4 Å². The van der Waals surface area contributed by atoms with Crippen LogP contribution in [0.2, 0.25) is 0 Å². The van der Waals surface area contributed by atoms with Crippen LogP contribution in [0.5, 0.6) is 11.5 Å². The van der Waals surface area contributed by atoms with Crippen molar-refractivity contribution in [2.24, 2.45) is 11.1 Å². The maximum atomic E-state index is 12.1. The minimum atomic E-state index is -1.57. The van der Waals surface area contributed by atoms with Crippen LogP contribution in [0.1, 0.15) is 64.4 Å². The number of esters is 1. The van der Waals surface area contributed by atoms with Gasteiger partial charge in [0.15, 0.2) is 11.5 Å². The Labute approximate surface area is 212 Å². The van der Waals surface area contributed by atoms with Crippen molar-refractivity contribution in [2.45, 2.75) is 95.9 Å². The minimum Gasteiger partial charge on any atom is -0.493 e. The molecular formula is C26H41NO9. The van der Waals surface area contributed by atoms with Gasteiger partial charge in [-0.25, -0.2) is 0 Å². The van der Waals surface area contributed by atoms with Crippen molar-refractivity contribution in [1.29, 1.82) is 0 Å². The molecule has 1 aromatic carbocycles. The van der Waals surface area contributed by atoms with Crippen LogP contribution in [0.25, 0.3) is 0 Å². The zero-order valence-corrected chi connectivity index (χ0v) is 21.5. The quantitative estimate of drug-likeness (QED) is 0.173. The van der Waals surface area contributed by atoms with Gasteiger partial charge in [0.1, 0.15) is 31.0 Å². The van der Waals surface area contributed by atoms with Crippen molar-refractivity contribution in [1.82, 2.24) is 0 Å². The molecule has 1 aromatic rings. The number of hydrogen-bond acceptors (Lipinski definition) is 10. The molecule has 0 saturated carbocycles. The van der Waals surface area contributed by atoms with Crippen LogP contribution >= 0.6 is 0 Å². The van der Waals surface area contributed by atoms with Crippen molar-refractivity contribution >= 4 is 5.97 Å². The fourth-order valence-electron chi connectivity index (χ4n) is 4.02.